The number of hydrogen-bond acceptors (Lipinski definition) is 4. The predicted octanol–water partition coefficient (Wildman–Crippen LogP) is 3.25. The molecule has 0 bridgehead atoms. The highest BCUT2D eigenvalue weighted by Crippen LogP contribution is 2.24. The molecule has 0 fully saturated rings. The van der Waals surface area contributed by atoms with Gasteiger partial charge in [-0.05, 0) is 51.4 Å². The highest BCUT2D eigenvalue weighted by atomic mass is 16.5. The van der Waals surface area contributed by atoms with E-state index in [2.05, 4.69) is 30.7 Å². The quantitative estimate of drug-likeness (QED) is 0.850. The molecule has 0 saturated heterocycles. The van der Waals surface area contributed by atoms with E-state index in [0.717, 1.165) is 22.4 Å². The average Bonchev–Trinajstić information content (AvgIpc) is 2.52. The Morgan fingerprint density at radius 3 is 2.00 bits per heavy atom. The third-order valence-corrected chi connectivity index (χ3v) is 4.58. The van der Waals surface area contributed by atoms with Gasteiger partial charge in [0.15, 0.2) is 0 Å². The van der Waals surface area contributed by atoms with Gasteiger partial charge in [0.1, 0.15) is 0 Å². The first-order valence-electron chi connectivity index (χ1n) is 8.56. The largest absolute Gasteiger partial charge is 0.427 e. The first-order chi connectivity index (χ1) is 11.4. The minimum atomic E-state index is -0.947. The minimum Gasteiger partial charge on any atom is -0.427 e. The second-order valence-corrected chi connectivity index (χ2v) is 8.46. The van der Waals surface area contributed by atoms with Crippen molar-refractivity contribution in [1.82, 2.24) is 9.97 Å². The van der Waals surface area contributed by atoms with Gasteiger partial charge in [0, 0.05) is 29.1 Å². The summed E-state index contributed by atoms with van der Waals surface area (Å²) in [5.41, 5.74) is 2.15. The van der Waals surface area contributed by atoms with Crippen LogP contribution in [0.5, 0.6) is 0 Å². The van der Waals surface area contributed by atoms with E-state index in [0.29, 0.717) is 0 Å². The van der Waals surface area contributed by atoms with Crippen molar-refractivity contribution in [3.05, 3.63) is 42.4 Å². The molecule has 0 aliphatic rings. The lowest BCUT2D eigenvalue weighted by molar-refractivity contribution is -0.0893. The molecule has 2 aromatic rings. The van der Waals surface area contributed by atoms with Crippen molar-refractivity contribution in [2.45, 2.75) is 65.1 Å². The van der Waals surface area contributed by atoms with Crippen molar-refractivity contribution in [1.29, 1.82) is 0 Å². The zero-order valence-corrected chi connectivity index (χ0v) is 16.3. The second kappa shape index (κ2) is 6.89. The topological polar surface area (TPSA) is 55.2 Å². The fraction of sp³-hybridized carbons (Fsp3) is 0.500. The number of rotatable bonds is 5. The van der Waals surface area contributed by atoms with Gasteiger partial charge in [0.25, 0.3) is 0 Å². The molecule has 0 amide bonds. The number of aromatic nitrogens is 2. The minimum absolute atomic E-state index is 0.0371. The van der Waals surface area contributed by atoms with Gasteiger partial charge >= 0.3 is 7.48 Å². The average molecular weight is 339 g/mol. The molecule has 2 aromatic heterocycles. The summed E-state index contributed by atoms with van der Waals surface area (Å²) in [5, 5.41) is 10.1. The van der Waals surface area contributed by atoms with Crippen molar-refractivity contribution in [2.75, 3.05) is 0 Å². The zero-order chi connectivity index (χ0) is 18.9. The van der Waals surface area contributed by atoms with Gasteiger partial charge in [-0.15, -0.1) is 0 Å². The SMILES string of the molecule is CC(C)(C)c1ccc(-c2ccc([B]OC(C)(C)C(C)(C)O)cn2)cn1. The number of pyridine rings is 2. The van der Waals surface area contributed by atoms with Crippen LogP contribution in [0.4, 0.5) is 0 Å². The van der Waals surface area contributed by atoms with Gasteiger partial charge in [-0.2, -0.15) is 0 Å². The molecule has 5 heteroatoms. The molecule has 0 unspecified atom stereocenters. The first kappa shape index (κ1) is 19.6. The smallest absolute Gasteiger partial charge is 0.332 e. The Hall–Kier alpha value is -1.72. The highest BCUT2D eigenvalue weighted by molar-refractivity contribution is 6.46. The third-order valence-electron chi connectivity index (χ3n) is 4.58. The molecule has 1 N–H and O–H groups in total. The summed E-state index contributed by atoms with van der Waals surface area (Å²) in [6.45, 7) is 13.6. The van der Waals surface area contributed by atoms with Crippen LogP contribution in [0.25, 0.3) is 11.3 Å². The van der Waals surface area contributed by atoms with Gasteiger partial charge in [-0.1, -0.05) is 26.8 Å². The van der Waals surface area contributed by atoms with Gasteiger partial charge < -0.3 is 9.76 Å². The molecular weight excluding hydrogens is 311 g/mol. The third kappa shape index (κ3) is 4.89. The van der Waals surface area contributed by atoms with E-state index < -0.39 is 11.2 Å². The van der Waals surface area contributed by atoms with Crippen LogP contribution in [0.2, 0.25) is 0 Å². The van der Waals surface area contributed by atoms with E-state index in [1.807, 2.05) is 44.3 Å². The molecule has 4 nitrogen and oxygen atoms in total. The van der Waals surface area contributed by atoms with Crippen LogP contribution >= 0.6 is 0 Å². The summed E-state index contributed by atoms with van der Waals surface area (Å²) in [6.07, 6.45) is 3.62. The molecule has 2 rings (SSSR count). The molecule has 0 saturated carbocycles. The van der Waals surface area contributed by atoms with Crippen LogP contribution < -0.4 is 5.46 Å². The summed E-state index contributed by atoms with van der Waals surface area (Å²) in [4.78, 5) is 9.03. The van der Waals surface area contributed by atoms with Crippen molar-refractivity contribution < 1.29 is 9.76 Å². The lowest BCUT2D eigenvalue weighted by atomic mass is 9.83. The van der Waals surface area contributed by atoms with Crippen molar-refractivity contribution in [3.8, 4) is 11.3 Å². The molecule has 0 aliphatic carbocycles. The van der Waals surface area contributed by atoms with Gasteiger partial charge in [-0.25, -0.2) is 0 Å². The van der Waals surface area contributed by atoms with Gasteiger partial charge in [0.05, 0.1) is 16.9 Å². The van der Waals surface area contributed by atoms with Crippen molar-refractivity contribution in [3.63, 3.8) is 0 Å². The van der Waals surface area contributed by atoms with Crippen molar-refractivity contribution >= 4 is 12.9 Å². The molecule has 0 spiro atoms. The summed E-state index contributed by atoms with van der Waals surface area (Å²) in [6, 6.07) is 7.99. The first-order valence-corrected chi connectivity index (χ1v) is 8.56. The molecule has 0 aromatic carbocycles. The molecule has 0 atom stereocenters. The van der Waals surface area contributed by atoms with Crippen LogP contribution in [0, 0.1) is 0 Å². The number of aliphatic hydroxyl groups is 1. The Morgan fingerprint density at radius 1 is 0.880 bits per heavy atom. The summed E-state index contributed by atoms with van der Waals surface area (Å²) < 4.78 is 5.75. The van der Waals surface area contributed by atoms with Gasteiger partial charge in [0.2, 0.25) is 0 Å². The Balaban J connectivity index is 2.07. The maximum atomic E-state index is 10.1. The molecule has 25 heavy (non-hydrogen) atoms. The van der Waals surface area contributed by atoms with E-state index in [-0.39, 0.29) is 5.41 Å². The van der Waals surface area contributed by atoms with E-state index >= 15 is 0 Å². The lowest BCUT2D eigenvalue weighted by Gasteiger charge is -2.37. The number of hydrogen-bond donors (Lipinski definition) is 1. The highest BCUT2D eigenvalue weighted by Gasteiger charge is 2.35. The lowest BCUT2D eigenvalue weighted by Crippen LogP contribution is -2.49. The van der Waals surface area contributed by atoms with Gasteiger partial charge in [-0.3, -0.25) is 9.97 Å². The Bertz CT molecular complexity index is 696. The van der Waals surface area contributed by atoms with Crippen molar-refractivity contribution in [2.24, 2.45) is 0 Å². The zero-order valence-electron chi connectivity index (χ0n) is 16.3. The van der Waals surface area contributed by atoms with Crippen LogP contribution in [0.3, 0.4) is 0 Å². The molecule has 1 radical (unpaired) electrons. The molecule has 0 aliphatic heterocycles. The summed E-state index contributed by atoms with van der Waals surface area (Å²) >= 11 is 0. The maximum absolute atomic E-state index is 10.1. The van der Waals surface area contributed by atoms with E-state index in [1.54, 1.807) is 27.5 Å². The van der Waals surface area contributed by atoms with E-state index in [4.69, 9.17) is 4.65 Å². The van der Waals surface area contributed by atoms with Crippen LogP contribution in [-0.4, -0.2) is 33.8 Å². The standard InChI is InChI=1S/C20H28BN2O2/c1-18(2,3)17-11-8-14(12-23-17)16-10-9-15(13-22-16)21-25-20(6,7)19(4,5)24/h8-13,24H,1-7H3. The molecule has 2 heterocycles. The summed E-state index contributed by atoms with van der Waals surface area (Å²) in [7, 11) is 1.63. The van der Waals surface area contributed by atoms with E-state index in [1.165, 1.54) is 0 Å². The molecular formula is C20H28BN2O2. The van der Waals surface area contributed by atoms with Crippen LogP contribution in [-0.2, 0) is 10.1 Å². The Morgan fingerprint density at radius 2 is 1.56 bits per heavy atom. The maximum Gasteiger partial charge on any atom is 0.332 e. The van der Waals surface area contributed by atoms with E-state index in [9.17, 15) is 5.11 Å². The normalized spacial score (nSPS) is 13.0. The fourth-order valence-electron chi connectivity index (χ4n) is 1.99. The second-order valence-electron chi connectivity index (χ2n) is 8.46. The predicted molar refractivity (Wildman–Crippen MR) is 103 cm³/mol. The Labute approximate surface area is 152 Å². The monoisotopic (exact) mass is 339 g/mol. The fourth-order valence-corrected chi connectivity index (χ4v) is 1.99. The summed E-state index contributed by atoms with van der Waals surface area (Å²) in [5.74, 6) is 0. The van der Waals surface area contributed by atoms with Crippen LogP contribution in [0.15, 0.2) is 36.7 Å². The Kier molecular flexibility index (Phi) is 5.40. The molecule has 133 valence electrons. The number of nitrogens with zero attached hydrogens (tertiary/aromatic N) is 2. The van der Waals surface area contributed by atoms with Crippen LogP contribution in [0.1, 0.15) is 54.2 Å².